The van der Waals surface area contributed by atoms with Gasteiger partial charge in [0.05, 0.1) is 5.69 Å². The van der Waals surface area contributed by atoms with Crippen LogP contribution < -0.4 is 10.6 Å². The van der Waals surface area contributed by atoms with Gasteiger partial charge in [0.25, 0.3) is 0 Å². The molecule has 0 bridgehead atoms. The number of aromatic nitrogens is 3. The average molecular weight is 347 g/mol. The number of anilines is 3. The fourth-order valence-electron chi connectivity index (χ4n) is 2.76. The molecule has 0 aliphatic rings. The van der Waals surface area contributed by atoms with E-state index >= 15 is 0 Å². The number of benzene rings is 1. The molecule has 0 saturated carbocycles. The SMILES string of the molecule is CC[C@@H](C)Nc1nc(Nc2cc(C)cc(C)c2)cc(-c2cccnc2)n1. The average Bonchev–Trinajstić information content (AvgIpc) is 2.61. The van der Waals surface area contributed by atoms with E-state index in [0.717, 1.165) is 29.2 Å². The molecule has 0 radical (unpaired) electrons. The van der Waals surface area contributed by atoms with Gasteiger partial charge in [0, 0.05) is 35.8 Å². The van der Waals surface area contributed by atoms with Gasteiger partial charge in [-0.05, 0) is 62.6 Å². The quantitative estimate of drug-likeness (QED) is 0.649. The van der Waals surface area contributed by atoms with Gasteiger partial charge in [0.2, 0.25) is 5.95 Å². The molecular weight excluding hydrogens is 322 g/mol. The summed E-state index contributed by atoms with van der Waals surface area (Å²) < 4.78 is 0. The summed E-state index contributed by atoms with van der Waals surface area (Å²) in [5.74, 6) is 1.38. The second-order valence-electron chi connectivity index (χ2n) is 6.66. The van der Waals surface area contributed by atoms with Crippen LogP contribution in [-0.4, -0.2) is 21.0 Å². The Labute approximate surface area is 154 Å². The number of nitrogens with zero attached hydrogens (tertiary/aromatic N) is 3. The maximum atomic E-state index is 4.67. The van der Waals surface area contributed by atoms with Crippen molar-refractivity contribution >= 4 is 17.5 Å². The molecule has 0 aliphatic carbocycles. The van der Waals surface area contributed by atoms with Crippen LogP contribution >= 0.6 is 0 Å². The molecule has 0 spiro atoms. The summed E-state index contributed by atoms with van der Waals surface area (Å²) >= 11 is 0. The van der Waals surface area contributed by atoms with Crippen LogP contribution in [0.1, 0.15) is 31.4 Å². The van der Waals surface area contributed by atoms with Gasteiger partial charge in [-0.1, -0.05) is 13.0 Å². The Kier molecular flexibility index (Phi) is 5.46. The monoisotopic (exact) mass is 347 g/mol. The first-order valence-corrected chi connectivity index (χ1v) is 8.95. The summed E-state index contributed by atoms with van der Waals surface area (Å²) in [4.78, 5) is 13.5. The van der Waals surface area contributed by atoms with Crippen LogP contribution in [-0.2, 0) is 0 Å². The molecule has 0 fully saturated rings. The smallest absolute Gasteiger partial charge is 0.225 e. The minimum atomic E-state index is 0.299. The predicted octanol–water partition coefficient (Wildman–Crippen LogP) is 5.11. The molecule has 5 nitrogen and oxygen atoms in total. The second-order valence-corrected chi connectivity index (χ2v) is 6.66. The summed E-state index contributed by atoms with van der Waals surface area (Å²) in [5, 5.41) is 6.78. The highest BCUT2D eigenvalue weighted by atomic mass is 15.2. The molecule has 2 N–H and O–H groups in total. The molecule has 0 amide bonds. The van der Waals surface area contributed by atoms with Gasteiger partial charge in [-0.15, -0.1) is 0 Å². The van der Waals surface area contributed by atoms with Gasteiger partial charge in [-0.2, -0.15) is 4.98 Å². The van der Waals surface area contributed by atoms with E-state index in [1.54, 1.807) is 6.20 Å². The Hall–Kier alpha value is -2.95. The zero-order valence-corrected chi connectivity index (χ0v) is 15.7. The highest BCUT2D eigenvalue weighted by molar-refractivity contribution is 5.67. The van der Waals surface area contributed by atoms with Crippen molar-refractivity contribution in [3.05, 3.63) is 59.9 Å². The highest BCUT2D eigenvalue weighted by Crippen LogP contribution is 2.24. The first-order chi connectivity index (χ1) is 12.5. The number of hydrogen-bond acceptors (Lipinski definition) is 5. The van der Waals surface area contributed by atoms with Gasteiger partial charge in [-0.25, -0.2) is 4.98 Å². The summed E-state index contributed by atoms with van der Waals surface area (Å²) in [5.41, 5.74) is 5.25. The fourth-order valence-corrected chi connectivity index (χ4v) is 2.76. The van der Waals surface area contributed by atoms with Crippen LogP contribution in [0.4, 0.5) is 17.5 Å². The maximum Gasteiger partial charge on any atom is 0.225 e. The van der Waals surface area contributed by atoms with Gasteiger partial charge in [0.15, 0.2) is 0 Å². The third-order valence-electron chi connectivity index (χ3n) is 4.17. The number of rotatable bonds is 6. The second kappa shape index (κ2) is 7.95. The lowest BCUT2D eigenvalue weighted by molar-refractivity contribution is 0.753. The number of hydrogen-bond donors (Lipinski definition) is 2. The first-order valence-electron chi connectivity index (χ1n) is 8.95. The summed E-state index contributed by atoms with van der Waals surface area (Å²) in [6.45, 7) is 8.44. The van der Waals surface area contributed by atoms with Gasteiger partial charge in [-0.3, -0.25) is 4.98 Å². The Bertz CT molecular complexity index is 857. The molecule has 1 atom stereocenters. The Morgan fingerprint density at radius 3 is 2.46 bits per heavy atom. The summed E-state index contributed by atoms with van der Waals surface area (Å²) in [7, 11) is 0. The van der Waals surface area contributed by atoms with Crippen LogP contribution in [0.5, 0.6) is 0 Å². The maximum absolute atomic E-state index is 4.67. The molecule has 1 aromatic carbocycles. The van der Waals surface area contributed by atoms with Crippen LogP contribution in [0.15, 0.2) is 48.8 Å². The molecule has 0 saturated heterocycles. The predicted molar refractivity (Wildman–Crippen MR) is 108 cm³/mol. The summed E-state index contributed by atoms with van der Waals surface area (Å²) in [6, 6.07) is 12.5. The minimum Gasteiger partial charge on any atom is -0.352 e. The Morgan fingerprint density at radius 2 is 1.81 bits per heavy atom. The number of pyridine rings is 1. The van der Waals surface area contributed by atoms with Crippen LogP contribution in [0.3, 0.4) is 0 Å². The van der Waals surface area contributed by atoms with E-state index in [-0.39, 0.29) is 0 Å². The van der Waals surface area contributed by atoms with E-state index in [2.05, 4.69) is 71.5 Å². The molecular formula is C21H25N5. The van der Waals surface area contributed by atoms with Gasteiger partial charge < -0.3 is 10.6 Å². The van der Waals surface area contributed by atoms with Crippen molar-refractivity contribution in [1.29, 1.82) is 0 Å². The highest BCUT2D eigenvalue weighted by Gasteiger charge is 2.09. The topological polar surface area (TPSA) is 62.7 Å². The zero-order valence-electron chi connectivity index (χ0n) is 15.7. The van der Waals surface area contributed by atoms with Crippen molar-refractivity contribution in [2.75, 3.05) is 10.6 Å². The molecule has 26 heavy (non-hydrogen) atoms. The van der Waals surface area contributed by atoms with E-state index in [4.69, 9.17) is 0 Å². The van der Waals surface area contributed by atoms with E-state index < -0.39 is 0 Å². The Balaban J connectivity index is 1.98. The van der Waals surface area contributed by atoms with Crippen molar-refractivity contribution in [2.24, 2.45) is 0 Å². The van der Waals surface area contributed by atoms with Crippen molar-refractivity contribution in [2.45, 2.75) is 40.2 Å². The lowest BCUT2D eigenvalue weighted by Crippen LogP contribution is -2.16. The molecule has 3 aromatic rings. The van der Waals surface area contributed by atoms with E-state index in [9.17, 15) is 0 Å². The molecule has 5 heteroatoms. The van der Waals surface area contributed by atoms with Crippen molar-refractivity contribution in [3.8, 4) is 11.3 Å². The summed E-state index contributed by atoms with van der Waals surface area (Å²) in [6.07, 6.45) is 4.58. The van der Waals surface area contributed by atoms with Gasteiger partial charge in [0.1, 0.15) is 5.82 Å². The third kappa shape index (κ3) is 4.57. The lowest BCUT2D eigenvalue weighted by Gasteiger charge is -2.15. The molecule has 0 unspecified atom stereocenters. The number of nitrogens with one attached hydrogen (secondary N) is 2. The third-order valence-corrected chi connectivity index (χ3v) is 4.17. The van der Waals surface area contributed by atoms with Crippen molar-refractivity contribution < 1.29 is 0 Å². The van der Waals surface area contributed by atoms with E-state index in [1.807, 2.05) is 24.4 Å². The van der Waals surface area contributed by atoms with Crippen LogP contribution in [0.2, 0.25) is 0 Å². The largest absolute Gasteiger partial charge is 0.352 e. The molecule has 0 aliphatic heterocycles. The van der Waals surface area contributed by atoms with Crippen LogP contribution in [0, 0.1) is 13.8 Å². The number of aryl methyl sites for hydroxylation is 2. The zero-order chi connectivity index (χ0) is 18.5. The van der Waals surface area contributed by atoms with Gasteiger partial charge >= 0.3 is 0 Å². The normalized spacial score (nSPS) is 11.8. The molecule has 2 aromatic heterocycles. The Morgan fingerprint density at radius 1 is 1.04 bits per heavy atom. The lowest BCUT2D eigenvalue weighted by atomic mass is 10.1. The van der Waals surface area contributed by atoms with Crippen LogP contribution in [0.25, 0.3) is 11.3 Å². The van der Waals surface area contributed by atoms with E-state index in [1.165, 1.54) is 11.1 Å². The first kappa shape index (κ1) is 17.9. The standard InChI is InChI=1S/C21H25N5/c1-5-16(4)23-21-25-19(17-7-6-8-22-13-17)12-20(26-21)24-18-10-14(2)9-15(3)11-18/h6-13,16H,5H2,1-4H3,(H2,23,24,25,26)/t16-/m1/s1. The van der Waals surface area contributed by atoms with Crippen molar-refractivity contribution in [1.82, 2.24) is 15.0 Å². The molecule has 3 rings (SSSR count). The van der Waals surface area contributed by atoms with E-state index in [0.29, 0.717) is 12.0 Å². The molecule has 134 valence electrons. The van der Waals surface area contributed by atoms with Crippen molar-refractivity contribution in [3.63, 3.8) is 0 Å². The minimum absolute atomic E-state index is 0.299. The molecule has 2 heterocycles. The fraction of sp³-hybridized carbons (Fsp3) is 0.286.